The fourth-order valence-corrected chi connectivity index (χ4v) is 14.3. The van der Waals surface area contributed by atoms with Gasteiger partial charge in [0.05, 0.1) is 35.9 Å². The maximum absolute atomic E-state index is 12.9. The lowest BCUT2D eigenvalue weighted by Gasteiger charge is -2.45. The summed E-state index contributed by atoms with van der Waals surface area (Å²) in [6.45, 7) is 11.5. The van der Waals surface area contributed by atoms with Crippen LogP contribution in [0.4, 0.5) is 43.8 Å². The summed E-state index contributed by atoms with van der Waals surface area (Å²) in [4.78, 5) is 77.8. The molecule has 3 saturated heterocycles. The highest BCUT2D eigenvalue weighted by atomic mass is 19.4. The van der Waals surface area contributed by atoms with Gasteiger partial charge in [-0.15, -0.1) is 0 Å². The van der Waals surface area contributed by atoms with Crippen LogP contribution < -0.4 is 39.1 Å². The molecular formula is C68H73F6N15O7. The molecule has 0 atom stereocenters. The van der Waals surface area contributed by atoms with E-state index in [0.29, 0.717) is 87.7 Å². The number of likely N-dealkylation sites (tertiary alicyclic amines) is 3. The number of halogens is 6. The van der Waals surface area contributed by atoms with Gasteiger partial charge in [-0.2, -0.15) is 41.6 Å². The molecule has 6 amide bonds. The lowest BCUT2D eigenvalue weighted by Crippen LogP contribution is -2.42. The van der Waals surface area contributed by atoms with E-state index < -0.39 is 41.2 Å². The number of hydrogen-bond donors (Lipinski definition) is 6. The third kappa shape index (κ3) is 13.7. The summed E-state index contributed by atoms with van der Waals surface area (Å²) >= 11 is 0. The predicted molar refractivity (Wildman–Crippen MR) is 344 cm³/mol. The Labute approximate surface area is 549 Å². The summed E-state index contributed by atoms with van der Waals surface area (Å²) in [6, 6.07) is 16.0. The van der Waals surface area contributed by atoms with E-state index in [0.717, 1.165) is 80.6 Å². The van der Waals surface area contributed by atoms with Gasteiger partial charge in [0.15, 0.2) is 0 Å². The van der Waals surface area contributed by atoms with Gasteiger partial charge < -0.3 is 53.8 Å². The van der Waals surface area contributed by atoms with Crippen LogP contribution in [0.15, 0.2) is 72.8 Å². The number of carbonyl (C=O) groups excluding carboxylic acids is 6. The van der Waals surface area contributed by atoms with Crippen LogP contribution in [0.1, 0.15) is 152 Å². The lowest BCUT2D eigenvalue weighted by molar-refractivity contribution is -0.138. The number of rotatable bonds is 12. The van der Waals surface area contributed by atoms with E-state index >= 15 is 0 Å². The number of primary amides is 3. The quantitative estimate of drug-likeness (QED) is 0.0497. The minimum atomic E-state index is -4.47. The first-order chi connectivity index (χ1) is 45.5. The minimum Gasteiger partial charge on any atom is -0.494 e. The fourth-order valence-electron chi connectivity index (χ4n) is 14.3. The monoisotopic (exact) mass is 1330 g/mol. The number of nitrogens with two attached hydrogens (primary N) is 6. The molecule has 6 fully saturated rings. The summed E-state index contributed by atoms with van der Waals surface area (Å²) < 4.78 is 87.7. The van der Waals surface area contributed by atoms with Crippen molar-refractivity contribution in [2.45, 2.75) is 122 Å². The molecule has 3 aliphatic carbocycles. The summed E-state index contributed by atoms with van der Waals surface area (Å²) in [5, 5.41) is 13.6. The van der Waals surface area contributed by atoms with E-state index in [9.17, 15) is 55.1 Å². The van der Waals surface area contributed by atoms with Crippen molar-refractivity contribution in [1.29, 1.82) is 0 Å². The number of nitrogen functional groups attached to an aromatic ring is 3. The molecule has 3 saturated carbocycles. The smallest absolute Gasteiger partial charge is 0.416 e. The number of hydrogen-bond acceptors (Lipinski definition) is 13. The highest BCUT2D eigenvalue weighted by molar-refractivity contribution is 6.05. The van der Waals surface area contributed by atoms with Crippen LogP contribution in [-0.2, 0) is 26.7 Å². The molecule has 0 unspecified atom stereocenters. The SMILES string of the molecule is CC#CC(=O)N1CCC2(CC(n3nc(-c4ccc(C(F)(F)F)cc4)c(C(N)=O)c3N)C2)C1.CC#CC(=O)N1CCC2(CC(n3nc(-c4ccc(C(F)(F)F)cc4)c(C(N)=O)c3N)C2)C1.CC#CC(=O)N1CCC2(CC(n3nc(-c4ccc(OCCC)cc4)c(C(N)=O)c3N)C2)C1. The van der Waals surface area contributed by atoms with Crippen LogP contribution in [0, 0.1) is 51.8 Å². The number of carbonyl (C=O) groups is 6. The second-order valence-electron chi connectivity index (χ2n) is 25.5. The Morgan fingerprint density at radius 2 is 0.750 bits per heavy atom. The van der Waals surface area contributed by atoms with Gasteiger partial charge in [0.25, 0.3) is 35.4 Å². The Hall–Kier alpha value is -10.4. The first-order valence-electron chi connectivity index (χ1n) is 31.2. The van der Waals surface area contributed by atoms with E-state index in [1.165, 1.54) is 33.6 Å². The molecule has 28 heteroatoms. The molecule has 96 heavy (non-hydrogen) atoms. The molecule has 504 valence electrons. The molecule has 3 aromatic carbocycles. The predicted octanol–water partition coefficient (Wildman–Crippen LogP) is 8.25. The van der Waals surface area contributed by atoms with E-state index in [1.807, 2.05) is 36.1 Å². The van der Waals surface area contributed by atoms with Crippen molar-refractivity contribution in [2.75, 3.05) is 63.1 Å². The zero-order valence-corrected chi connectivity index (χ0v) is 53.3. The van der Waals surface area contributed by atoms with E-state index in [-0.39, 0.29) is 91.8 Å². The third-order valence-electron chi connectivity index (χ3n) is 19.1. The Morgan fingerprint density at radius 3 is 0.990 bits per heavy atom. The van der Waals surface area contributed by atoms with Crippen LogP contribution >= 0.6 is 0 Å². The van der Waals surface area contributed by atoms with Gasteiger partial charge in [0.1, 0.15) is 57.0 Å². The van der Waals surface area contributed by atoms with Gasteiger partial charge in [-0.25, -0.2) is 14.0 Å². The van der Waals surface area contributed by atoms with Gasteiger partial charge in [-0.3, -0.25) is 28.8 Å². The molecule has 0 bridgehead atoms. The number of aromatic nitrogens is 6. The Kier molecular flexibility index (Phi) is 19.1. The molecule has 12 rings (SSSR count). The third-order valence-corrected chi connectivity index (χ3v) is 19.1. The summed E-state index contributed by atoms with van der Waals surface area (Å²) in [6.07, 6.45) is -0.822. The number of anilines is 3. The lowest BCUT2D eigenvalue weighted by atomic mass is 9.65. The molecule has 3 aromatic heterocycles. The van der Waals surface area contributed by atoms with Gasteiger partial charge in [-0.1, -0.05) is 49.0 Å². The van der Waals surface area contributed by atoms with Crippen molar-refractivity contribution in [1.82, 2.24) is 44.0 Å². The van der Waals surface area contributed by atoms with Crippen LogP contribution in [0.25, 0.3) is 33.8 Å². The number of nitrogens with zero attached hydrogens (tertiary/aromatic N) is 9. The Bertz CT molecular complexity index is 4030. The summed E-state index contributed by atoms with van der Waals surface area (Å²) in [5.74, 6) is 14.2. The van der Waals surface area contributed by atoms with Crippen molar-refractivity contribution in [3.63, 3.8) is 0 Å². The largest absolute Gasteiger partial charge is 0.494 e. The van der Waals surface area contributed by atoms with Crippen molar-refractivity contribution in [2.24, 2.45) is 33.4 Å². The van der Waals surface area contributed by atoms with Gasteiger partial charge >= 0.3 is 12.4 Å². The summed E-state index contributed by atoms with van der Waals surface area (Å²) in [5.41, 5.74) is 36.2. The molecule has 0 radical (unpaired) electrons. The maximum atomic E-state index is 12.9. The molecule has 6 aromatic rings. The minimum absolute atomic E-state index is 0.00726. The molecule has 22 nitrogen and oxygen atoms in total. The second kappa shape index (κ2) is 26.8. The molecular weight excluding hydrogens is 1250 g/mol. The van der Waals surface area contributed by atoms with Gasteiger partial charge in [0, 0.05) is 56.0 Å². The first kappa shape index (κ1) is 68.4. The van der Waals surface area contributed by atoms with Gasteiger partial charge in [-0.05, 0) is 168 Å². The van der Waals surface area contributed by atoms with Crippen molar-refractivity contribution in [3.05, 3.63) is 101 Å². The van der Waals surface area contributed by atoms with Crippen LogP contribution in [0.3, 0.4) is 0 Å². The van der Waals surface area contributed by atoms with Crippen molar-refractivity contribution in [3.8, 4) is 75.0 Å². The van der Waals surface area contributed by atoms with Crippen molar-refractivity contribution < 1.29 is 59.8 Å². The van der Waals surface area contributed by atoms with E-state index in [2.05, 4.69) is 45.7 Å². The number of benzene rings is 3. The zero-order chi connectivity index (χ0) is 69.4. The van der Waals surface area contributed by atoms with Crippen molar-refractivity contribution >= 4 is 52.9 Å². The Morgan fingerprint density at radius 1 is 0.479 bits per heavy atom. The Balaban J connectivity index is 0.000000157. The topological polar surface area (TPSA) is 331 Å². The first-order valence-corrected chi connectivity index (χ1v) is 31.2. The normalized spacial score (nSPS) is 22.1. The van der Waals surface area contributed by atoms with Crippen LogP contribution in [-0.4, -0.2) is 125 Å². The number of alkyl halides is 6. The van der Waals surface area contributed by atoms with E-state index in [1.54, 1.807) is 35.3 Å². The summed E-state index contributed by atoms with van der Waals surface area (Å²) in [7, 11) is 0. The van der Waals surface area contributed by atoms with E-state index in [4.69, 9.17) is 44.2 Å². The average Bonchev–Trinajstić information content (AvgIpc) is 1.59. The van der Waals surface area contributed by atoms with Crippen LogP contribution in [0.2, 0.25) is 0 Å². The molecule has 12 N–H and O–H groups in total. The average molecular weight is 1330 g/mol. The highest BCUT2D eigenvalue weighted by Crippen LogP contribution is 2.57. The maximum Gasteiger partial charge on any atom is 0.416 e. The second-order valence-corrected chi connectivity index (χ2v) is 25.5. The molecule has 6 heterocycles. The number of ether oxygens (including phenoxy) is 1. The molecule has 3 spiro atoms. The van der Waals surface area contributed by atoms with Gasteiger partial charge in [0.2, 0.25) is 0 Å². The van der Waals surface area contributed by atoms with Crippen LogP contribution in [0.5, 0.6) is 5.75 Å². The fraction of sp³-hybridized carbons (Fsp3) is 0.426. The molecule has 6 aliphatic rings. The standard InChI is InChI=1S/C24H29N5O3.2C22H22F3N5O2/c1-3-5-19(30)28-11-10-24(15-28)13-17(14-24)29-22(25)20(23(26)31)21(27-29)16-6-8-18(9-7-16)32-12-4-2;2*1-2-3-16(31)29-9-8-21(12-29)10-15(11-21)30-19(26)17(20(27)32)18(28-30)13-4-6-14(7-5-13)22(23,24)25/h6-9,17H,4,10-15,25H2,1-2H3,(H2,26,31);2*4-7,15H,8-12,26H2,1H3,(H2,27,32). The zero-order valence-electron chi connectivity index (χ0n) is 53.3. The molecule has 3 aliphatic heterocycles. The number of amides is 6. The highest BCUT2D eigenvalue weighted by Gasteiger charge is 2.54.